The molecular weight excluding hydrogens is 224 g/mol. The number of hydrogen-bond acceptors (Lipinski definition) is 4. The summed E-state index contributed by atoms with van der Waals surface area (Å²) in [4.78, 5) is 4.14. The number of aromatic nitrogens is 1. The Bertz CT molecular complexity index is 626. The van der Waals surface area contributed by atoms with Gasteiger partial charge in [-0.15, -0.1) is 0 Å². The summed E-state index contributed by atoms with van der Waals surface area (Å²) < 4.78 is 0. The zero-order chi connectivity index (χ0) is 13.1. The minimum absolute atomic E-state index is 0.457. The normalized spacial score (nSPS) is 9.83. The van der Waals surface area contributed by atoms with E-state index >= 15 is 0 Å². The van der Waals surface area contributed by atoms with Gasteiger partial charge in [0.2, 0.25) is 0 Å². The van der Waals surface area contributed by atoms with Crippen molar-refractivity contribution in [2.24, 2.45) is 0 Å². The molecule has 2 rings (SSSR count). The second kappa shape index (κ2) is 4.76. The van der Waals surface area contributed by atoms with E-state index in [1.54, 1.807) is 6.07 Å². The fourth-order valence-electron chi connectivity index (χ4n) is 1.60. The van der Waals surface area contributed by atoms with Crippen molar-refractivity contribution >= 4 is 17.2 Å². The molecule has 0 saturated carbocycles. The molecule has 0 fully saturated rings. The SMILES string of the molecule is Cc1ccc(Nc2ncc(C#N)cc2N)cc1C. The molecule has 0 aliphatic heterocycles. The Kier molecular flexibility index (Phi) is 3.16. The molecule has 90 valence electrons. The van der Waals surface area contributed by atoms with Gasteiger partial charge in [-0.05, 0) is 43.2 Å². The van der Waals surface area contributed by atoms with Crippen molar-refractivity contribution in [1.82, 2.24) is 4.98 Å². The smallest absolute Gasteiger partial charge is 0.153 e. The van der Waals surface area contributed by atoms with Gasteiger partial charge in [0.1, 0.15) is 6.07 Å². The fraction of sp³-hybridized carbons (Fsp3) is 0.143. The minimum atomic E-state index is 0.457. The number of nitrogens with two attached hydrogens (primary N) is 1. The van der Waals surface area contributed by atoms with Crippen molar-refractivity contribution in [3.63, 3.8) is 0 Å². The van der Waals surface area contributed by atoms with Crippen LogP contribution in [0.5, 0.6) is 0 Å². The number of anilines is 3. The summed E-state index contributed by atoms with van der Waals surface area (Å²) in [5.74, 6) is 0.567. The van der Waals surface area contributed by atoms with Crippen LogP contribution in [-0.2, 0) is 0 Å². The molecule has 1 aromatic heterocycles. The highest BCUT2D eigenvalue weighted by Crippen LogP contribution is 2.22. The summed E-state index contributed by atoms with van der Waals surface area (Å²) in [5.41, 5.74) is 10.1. The monoisotopic (exact) mass is 238 g/mol. The summed E-state index contributed by atoms with van der Waals surface area (Å²) in [7, 11) is 0. The molecule has 18 heavy (non-hydrogen) atoms. The number of nitrogens with zero attached hydrogens (tertiary/aromatic N) is 2. The van der Waals surface area contributed by atoms with Crippen LogP contribution in [0.2, 0.25) is 0 Å². The lowest BCUT2D eigenvalue weighted by Crippen LogP contribution is -2.00. The molecule has 0 saturated heterocycles. The summed E-state index contributed by atoms with van der Waals surface area (Å²) in [6.07, 6.45) is 1.50. The Hall–Kier alpha value is -2.54. The molecule has 4 nitrogen and oxygen atoms in total. The second-order valence-corrected chi connectivity index (χ2v) is 4.20. The van der Waals surface area contributed by atoms with Crippen LogP contribution in [0.3, 0.4) is 0 Å². The van der Waals surface area contributed by atoms with Gasteiger partial charge in [0.15, 0.2) is 5.82 Å². The van der Waals surface area contributed by atoms with E-state index in [2.05, 4.69) is 24.1 Å². The highest BCUT2D eigenvalue weighted by Gasteiger charge is 2.03. The lowest BCUT2D eigenvalue weighted by molar-refractivity contribution is 1.28. The number of pyridine rings is 1. The Morgan fingerprint density at radius 2 is 2.00 bits per heavy atom. The van der Waals surface area contributed by atoms with Crippen LogP contribution in [0, 0.1) is 25.2 Å². The van der Waals surface area contributed by atoms with Crippen LogP contribution in [0.15, 0.2) is 30.5 Å². The van der Waals surface area contributed by atoms with Gasteiger partial charge in [0.05, 0.1) is 11.3 Å². The highest BCUT2D eigenvalue weighted by molar-refractivity contribution is 5.70. The molecule has 4 heteroatoms. The van der Waals surface area contributed by atoms with Crippen molar-refractivity contribution in [3.05, 3.63) is 47.2 Å². The molecule has 0 spiro atoms. The lowest BCUT2D eigenvalue weighted by Gasteiger charge is -2.10. The molecule has 0 aliphatic rings. The van der Waals surface area contributed by atoms with Gasteiger partial charge >= 0.3 is 0 Å². The number of aryl methyl sites for hydroxylation is 2. The zero-order valence-corrected chi connectivity index (χ0v) is 10.4. The third-order valence-corrected chi connectivity index (χ3v) is 2.82. The predicted octanol–water partition coefficient (Wildman–Crippen LogP) is 2.90. The van der Waals surface area contributed by atoms with Crippen molar-refractivity contribution in [2.75, 3.05) is 11.1 Å². The van der Waals surface area contributed by atoms with Crippen molar-refractivity contribution in [3.8, 4) is 6.07 Å². The maximum Gasteiger partial charge on any atom is 0.153 e. The number of nitriles is 1. The first kappa shape index (κ1) is 11.9. The molecule has 0 radical (unpaired) electrons. The Balaban J connectivity index is 2.29. The molecule has 1 heterocycles. The molecule has 0 amide bonds. The highest BCUT2D eigenvalue weighted by atomic mass is 15.0. The summed E-state index contributed by atoms with van der Waals surface area (Å²) >= 11 is 0. The van der Waals surface area contributed by atoms with Crippen LogP contribution in [0.4, 0.5) is 17.2 Å². The second-order valence-electron chi connectivity index (χ2n) is 4.20. The maximum atomic E-state index is 8.74. The first-order chi connectivity index (χ1) is 8.60. The van der Waals surface area contributed by atoms with E-state index < -0.39 is 0 Å². The van der Waals surface area contributed by atoms with Crippen molar-refractivity contribution in [2.45, 2.75) is 13.8 Å². The number of nitrogens with one attached hydrogen (secondary N) is 1. The molecule has 3 N–H and O–H groups in total. The van der Waals surface area contributed by atoms with Crippen molar-refractivity contribution < 1.29 is 0 Å². The topological polar surface area (TPSA) is 74.7 Å². The van der Waals surface area contributed by atoms with E-state index in [4.69, 9.17) is 11.0 Å². The Morgan fingerprint density at radius 1 is 1.22 bits per heavy atom. The van der Waals surface area contributed by atoms with E-state index in [1.807, 2.05) is 24.3 Å². The zero-order valence-electron chi connectivity index (χ0n) is 10.4. The summed E-state index contributed by atoms with van der Waals surface area (Å²) in [5, 5.41) is 11.9. The molecule has 2 aromatic rings. The molecule has 1 aromatic carbocycles. The van der Waals surface area contributed by atoms with Gasteiger partial charge in [-0.1, -0.05) is 6.07 Å². The third kappa shape index (κ3) is 2.41. The van der Waals surface area contributed by atoms with E-state index in [1.165, 1.54) is 17.3 Å². The van der Waals surface area contributed by atoms with Gasteiger partial charge in [0, 0.05) is 11.9 Å². The van der Waals surface area contributed by atoms with E-state index in [-0.39, 0.29) is 0 Å². The Morgan fingerprint density at radius 3 is 2.61 bits per heavy atom. The first-order valence-corrected chi connectivity index (χ1v) is 5.60. The minimum Gasteiger partial charge on any atom is -0.396 e. The number of benzene rings is 1. The average molecular weight is 238 g/mol. The summed E-state index contributed by atoms with van der Waals surface area (Å²) in [6, 6.07) is 9.66. The summed E-state index contributed by atoms with van der Waals surface area (Å²) in [6.45, 7) is 4.11. The van der Waals surface area contributed by atoms with E-state index in [0.717, 1.165) is 5.69 Å². The molecular formula is C14H14N4. The van der Waals surface area contributed by atoms with Crippen LogP contribution < -0.4 is 11.1 Å². The van der Waals surface area contributed by atoms with Gasteiger partial charge in [-0.25, -0.2) is 4.98 Å². The van der Waals surface area contributed by atoms with E-state index in [9.17, 15) is 0 Å². The maximum absolute atomic E-state index is 8.74. The largest absolute Gasteiger partial charge is 0.396 e. The average Bonchev–Trinajstić information content (AvgIpc) is 2.36. The van der Waals surface area contributed by atoms with Crippen LogP contribution in [0.25, 0.3) is 0 Å². The first-order valence-electron chi connectivity index (χ1n) is 5.60. The van der Waals surface area contributed by atoms with Crippen LogP contribution >= 0.6 is 0 Å². The van der Waals surface area contributed by atoms with Gasteiger partial charge < -0.3 is 11.1 Å². The lowest BCUT2D eigenvalue weighted by atomic mass is 10.1. The number of hydrogen-bond donors (Lipinski definition) is 2. The van der Waals surface area contributed by atoms with Crippen molar-refractivity contribution in [1.29, 1.82) is 5.26 Å². The molecule has 0 atom stereocenters. The van der Waals surface area contributed by atoms with Crippen LogP contribution in [-0.4, -0.2) is 4.98 Å². The third-order valence-electron chi connectivity index (χ3n) is 2.82. The van der Waals surface area contributed by atoms with E-state index in [0.29, 0.717) is 17.1 Å². The fourth-order valence-corrected chi connectivity index (χ4v) is 1.60. The van der Waals surface area contributed by atoms with Gasteiger partial charge in [-0.3, -0.25) is 0 Å². The van der Waals surface area contributed by atoms with Crippen LogP contribution in [0.1, 0.15) is 16.7 Å². The van der Waals surface area contributed by atoms with Gasteiger partial charge in [-0.2, -0.15) is 5.26 Å². The molecule has 0 bridgehead atoms. The Labute approximate surface area is 106 Å². The standard InChI is InChI=1S/C14H14N4/c1-9-3-4-12(5-10(9)2)18-14-13(16)6-11(7-15)8-17-14/h3-6,8H,16H2,1-2H3,(H,17,18). The van der Waals surface area contributed by atoms with Gasteiger partial charge in [0.25, 0.3) is 0 Å². The number of nitrogen functional groups attached to an aromatic ring is 1. The molecule has 0 aliphatic carbocycles. The quantitative estimate of drug-likeness (QED) is 0.843. The molecule has 0 unspecified atom stereocenters. The number of rotatable bonds is 2. The predicted molar refractivity (Wildman–Crippen MR) is 72.6 cm³/mol.